The van der Waals surface area contributed by atoms with E-state index in [0.29, 0.717) is 5.75 Å². The van der Waals surface area contributed by atoms with Crippen LogP contribution in [0.3, 0.4) is 0 Å². The Morgan fingerprint density at radius 3 is 2.53 bits per heavy atom. The molecule has 19 heavy (non-hydrogen) atoms. The molecule has 0 bridgehead atoms. The van der Waals surface area contributed by atoms with Gasteiger partial charge in [-0.15, -0.1) is 0 Å². The SMILES string of the molecule is COc1ccc2c(c1)C(C)(CC(Cl)(Cl)Cl)C(=O)N2C. The van der Waals surface area contributed by atoms with Crippen LogP contribution in [0.15, 0.2) is 18.2 Å². The third kappa shape index (κ3) is 2.51. The number of hydrogen-bond acceptors (Lipinski definition) is 2. The highest BCUT2D eigenvalue weighted by Crippen LogP contribution is 2.49. The summed E-state index contributed by atoms with van der Waals surface area (Å²) in [5, 5.41) is 0. The molecule has 1 aliphatic heterocycles. The highest BCUT2D eigenvalue weighted by Gasteiger charge is 2.49. The number of rotatable bonds is 2. The second kappa shape index (κ2) is 4.72. The van der Waals surface area contributed by atoms with Gasteiger partial charge in [0.15, 0.2) is 3.79 Å². The number of carbonyl (C=O) groups is 1. The van der Waals surface area contributed by atoms with Crippen LogP contribution in [0.5, 0.6) is 5.75 Å². The van der Waals surface area contributed by atoms with Crippen molar-refractivity contribution in [3.05, 3.63) is 23.8 Å². The molecule has 3 nitrogen and oxygen atoms in total. The van der Waals surface area contributed by atoms with Crippen LogP contribution >= 0.6 is 34.8 Å². The minimum absolute atomic E-state index is 0.0814. The summed E-state index contributed by atoms with van der Waals surface area (Å²) in [6.07, 6.45) is 0.119. The van der Waals surface area contributed by atoms with E-state index >= 15 is 0 Å². The van der Waals surface area contributed by atoms with E-state index in [4.69, 9.17) is 39.5 Å². The summed E-state index contributed by atoms with van der Waals surface area (Å²) in [5.41, 5.74) is 0.789. The lowest BCUT2D eigenvalue weighted by Gasteiger charge is -2.27. The Bertz CT molecular complexity index is 527. The Labute approximate surface area is 127 Å². The summed E-state index contributed by atoms with van der Waals surface area (Å²) in [7, 11) is 3.30. The molecule has 1 heterocycles. The predicted molar refractivity (Wildman–Crippen MR) is 78.7 cm³/mol. The third-order valence-electron chi connectivity index (χ3n) is 3.49. The zero-order valence-electron chi connectivity index (χ0n) is 10.8. The Hall–Kier alpha value is -0.640. The van der Waals surface area contributed by atoms with Crippen LogP contribution in [-0.2, 0) is 10.2 Å². The van der Waals surface area contributed by atoms with Gasteiger partial charge in [-0.2, -0.15) is 0 Å². The molecule has 0 N–H and O–H groups in total. The van der Waals surface area contributed by atoms with Crippen molar-refractivity contribution in [1.82, 2.24) is 0 Å². The first-order valence-electron chi connectivity index (χ1n) is 5.72. The van der Waals surface area contributed by atoms with Gasteiger partial charge in [0.25, 0.3) is 0 Å². The van der Waals surface area contributed by atoms with E-state index in [1.54, 1.807) is 26.0 Å². The Balaban J connectivity index is 2.56. The molecule has 0 saturated heterocycles. The maximum atomic E-state index is 12.5. The van der Waals surface area contributed by atoms with Crippen LogP contribution in [0.2, 0.25) is 0 Å². The van der Waals surface area contributed by atoms with Gasteiger partial charge < -0.3 is 9.64 Å². The van der Waals surface area contributed by atoms with Gasteiger partial charge in [0, 0.05) is 19.2 Å². The molecule has 1 aromatic carbocycles. The molecule has 0 fully saturated rings. The van der Waals surface area contributed by atoms with Crippen molar-refractivity contribution in [2.75, 3.05) is 19.1 Å². The molecule has 6 heteroatoms. The number of halogens is 3. The van der Waals surface area contributed by atoms with Gasteiger partial charge in [-0.05, 0) is 30.7 Å². The number of hydrogen-bond donors (Lipinski definition) is 0. The van der Waals surface area contributed by atoms with E-state index in [1.165, 1.54) is 0 Å². The van der Waals surface area contributed by atoms with Crippen molar-refractivity contribution < 1.29 is 9.53 Å². The summed E-state index contributed by atoms with van der Waals surface area (Å²) in [6.45, 7) is 1.79. The zero-order valence-corrected chi connectivity index (χ0v) is 13.1. The van der Waals surface area contributed by atoms with Crippen LogP contribution in [0, 0.1) is 0 Å². The van der Waals surface area contributed by atoms with Crippen molar-refractivity contribution in [3.63, 3.8) is 0 Å². The molecule has 0 aliphatic carbocycles. The maximum Gasteiger partial charge on any atom is 0.237 e. The summed E-state index contributed by atoms with van der Waals surface area (Å²) < 4.78 is 3.71. The largest absolute Gasteiger partial charge is 0.497 e. The fourth-order valence-corrected chi connectivity index (χ4v) is 3.34. The summed E-state index contributed by atoms with van der Waals surface area (Å²) in [5.74, 6) is 0.597. The molecular weight excluding hydrogens is 309 g/mol. The first kappa shape index (κ1) is 14.8. The van der Waals surface area contributed by atoms with Gasteiger partial charge in [-0.1, -0.05) is 34.8 Å². The topological polar surface area (TPSA) is 29.5 Å². The fourth-order valence-electron chi connectivity index (χ4n) is 2.54. The molecule has 1 atom stereocenters. The maximum absolute atomic E-state index is 12.5. The van der Waals surface area contributed by atoms with E-state index in [-0.39, 0.29) is 12.3 Å². The highest BCUT2D eigenvalue weighted by molar-refractivity contribution is 6.67. The Kier molecular flexibility index (Phi) is 3.67. The van der Waals surface area contributed by atoms with Crippen molar-refractivity contribution in [2.24, 2.45) is 0 Å². The lowest BCUT2D eigenvalue weighted by Crippen LogP contribution is -2.38. The van der Waals surface area contributed by atoms with Crippen LogP contribution in [0.4, 0.5) is 5.69 Å². The first-order chi connectivity index (χ1) is 8.69. The second-order valence-electron chi connectivity index (χ2n) is 4.87. The highest BCUT2D eigenvalue weighted by atomic mass is 35.6. The molecule has 1 unspecified atom stereocenters. The predicted octanol–water partition coefficient (Wildman–Crippen LogP) is 3.69. The molecule has 1 aliphatic rings. The van der Waals surface area contributed by atoms with Gasteiger partial charge in [0.1, 0.15) is 5.75 Å². The normalized spacial score (nSPS) is 22.6. The van der Waals surface area contributed by atoms with E-state index < -0.39 is 9.21 Å². The van der Waals surface area contributed by atoms with Crippen molar-refractivity contribution >= 4 is 46.4 Å². The van der Waals surface area contributed by atoms with E-state index in [2.05, 4.69) is 0 Å². The molecule has 0 saturated carbocycles. The quantitative estimate of drug-likeness (QED) is 0.777. The van der Waals surface area contributed by atoms with E-state index in [1.807, 2.05) is 18.2 Å². The molecule has 2 rings (SSSR count). The number of nitrogens with zero attached hydrogens (tertiary/aromatic N) is 1. The molecule has 0 spiro atoms. The van der Waals surface area contributed by atoms with E-state index in [9.17, 15) is 4.79 Å². The van der Waals surface area contributed by atoms with Gasteiger partial charge in [-0.25, -0.2) is 0 Å². The summed E-state index contributed by atoms with van der Waals surface area (Å²) >= 11 is 17.7. The lowest BCUT2D eigenvalue weighted by atomic mass is 9.81. The van der Waals surface area contributed by atoms with Crippen LogP contribution in [0.1, 0.15) is 18.9 Å². The smallest absolute Gasteiger partial charge is 0.237 e. The molecule has 0 aromatic heterocycles. The van der Waals surface area contributed by atoms with Crippen LogP contribution in [0.25, 0.3) is 0 Å². The number of likely N-dealkylation sites (N-methyl/N-ethyl adjacent to an activating group) is 1. The van der Waals surface area contributed by atoms with Crippen molar-refractivity contribution in [3.8, 4) is 5.75 Å². The van der Waals surface area contributed by atoms with Gasteiger partial charge in [0.05, 0.1) is 12.5 Å². The number of methoxy groups -OCH3 is 1. The van der Waals surface area contributed by atoms with Crippen molar-refractivity contribution in [1.29, 1.82) is 0 Å². The lowest BCUT2D eigenvalue weighted by molar-refractivity contribution is -0.122. The Morgan fingerprint density at radius 2 is 2.00 bits per heavy atom. The number of benzene rings is 1. The number of ether oxygens (including phenoxy) is 1. The molecular formula is C13H14Cl3NO2. The second-order valence-corrected chi connectivity index (χ2v) is 7.39. The number of carbonyl (C=O) groups excluding carboxylic acids is 1. The van der Waals surface area contributed by atoms with E-state index in [0.717, 1.165) is 11.3 Å². The summed E-state index contributed by atoms with van der Waals surface area (Å²) in [4.78, 5) is 14.1. The number of fused-ring (bicyclic) bond motifs is 1. The third-order valence-corrected chi connectivity index (χ3v) is 3.89. The first-order valence-corrected chi connectivity index (χ1v) is 6.86. The number of anilines is 1. The summed E-state index contributed by atoms with van der Waals surface area (Å²) in [6, 6.07) is 5.48. The molecule has 104 valence electrons. The Morgan fingerprint density at radius 1 is 1.37 bits per heavy atom. The molecule has 1 amide bonds. The van der Waals surface area contributed by atoms with Gasteiger partial charge in [-0.3, -0.25) is 4.79 Å². The van der Waals surface area contributed by atoms with Crippen LogP contribution < -0.4 is 9.64 Å². The monoisotopic (exact) mass is 321 g/mol. The minimum atomic E-state index is -1.49. The number of amides is 1. The average molecular weight is 323 g/mol. The molecule has 1 aromatic rings. The van der Waals surface area contributed by atoms with Crippen LogP contribution in [-0.4, -0.2) is 23.9 Å². The average Bonchev–Trinajstić information content (AvgIpc) is 2.49. The standard InChI is InChI=1S/C13H14Cl3NO2/c1-12(7-13(14,15)16)9-6-8(19-3)4-5-10(9)17(2)11(12)18/h4-6H,7H2,1-3H3. The van der Waals surface area contributed by atoms with Gasteiger partial charge >= 0.3 is 0 Å². The van der Waals surface area contributed by atoms with Gasteiger partial charge in [0.2, 0.25) is 5.91 Å². The zero-order chi connectivity index (χ0) is 14.4. The van der Waals surface area contributed by atoms with Crippen molar-refractivity contribution in [2.45, 2.75) is 22.6 Å². The molecule has 0 radical (unpaired) electrons. The fraction of sp³-hybridized carbons (Fsp3) is 0.462. The minimum Gasteiger partial charge on any atom is -0.497 e. The number of alkyl halides is 3.